The number of alkyl halides is 1. The van der Waals surface area contributed by atoms with Crippen molar-refractivity contribution in [1.29, 1.82) is 0 Å². The lowest BCUT2D eigenvalue weighted by atomic mass is 9.85. The van der Waals surface area contributed by atoms with Gasteiger partial charge in [0.25, 0.3) is 0 Å². The molecular weight excluding hydrogens is 264 g/mol. The molecule has 0 bridgehead atoms. The summed E-state index contributed by atoms with van der Waals surface area (Å²) in [6, 6.07) is 4.29. The fourth-order valence-corrected chi connectivity index (χ4v) is 2.39. The summed E-state index contributed by atoms with van der Waals surface area (Å²) in [6.07, 6.45) is 6.18. The Morgan fingerprint density at radius 2 is 2.25 bits per heavy atom. The van der Waals surface area contributed by atoms with Crippen molar-refractivity contribution < 1.29 is 0 Å². The summed E-state index contributed by atoms with van der Waals surface area (Å²) in [6.45, 7) is 4.44. The Kier molecular flexibility index (Phi) is 4.22. The maximum absolute atomic E-state index is 4.53. The van der Waals surface area contributed by atoms with Gasteiger partial charge in [-0.1, -0.05) is 28.4 Å². The first-order valence-corrected chi connectivity index (χ1v) is 7.21. The van der Waals surface area contributed by atoms with Crippen molar-refractivity contribution in [3.63, 3.8) is 0 Å². The van der Waals surface area contributed by atoms with E-state index >= 15 is 0 Å². The number of hydrogen-bond acceptors (Lipinski definition) is 2. The number of halogens is 1. The minimum Gasteiger partial charge on any atom is -0.357 e. The first-order chi connectivity index (χ1) is 7.83. The zero-order valence-electron chi connectivity index (χ0n) is 9.82. The predicted octanol–water partition coefficient (Wildman–Crippen LogP) is 3.60. The molecule has 0 unspecified atom stereocenters. The molecule has 1 saturated carbocycles. The molecule has 0 spiro atoms. The van der Waals surface area contributed by atoms with Gasteiger partial charge in [-0.3, -0.25) is 0 Å². The quantitative estimate of drug-likeness (QED) is 0.767. The van der Waals surface area contributed by atoms with Gasteiger partial charge in [0.05, 0.1) is 0 Å². The van der Waals surface area contributed by atoms with Crippen LogP contribution >= 0.6 is 15.9 Å². The molecule has 0 aromatic carbocycles. The summed E-state index contributed by atoms with van der Waals surface area (Å²) >= 11 is 3.44. The number of aromatic nitrogens is 1. The number of nitrogens with zero attached hydrogens (tertiary/aromatic N) is 2. The van der Waals surface area contributed by atoms with Gasteiger partial charge in [-0.2, -0.15) is 0 Å². The van der Waals surface area contributed by atoms with Crippen LogP contribution in [0.15, 0.2) is 18.3 Å². The predicted molar refractivity (Wildman–Crippen MR) is 72.1 cm³/mol. The number of rotatable bonds is 5. The van der Waals surface area contributed by atoms with Crippen LogP contribution in [0.3, 0.4) is 0 Å². The normalized spacial score (nSPS) is 15.9. The van der Waals surface area contributed by atoms with Crippen molar-refractivity contribution in [2.45, 2.75) is 31.5 Å². The second-order valence-corrected chi connectivity index (χ2v) is 5.05. The molecule has 0 radical (unpaired) electrons. The van der Waals surface area contributed by atoms with E-state index in [1.54, 1.807) is 0 Å². The molecule has 2 rings (SSSR count). The summed E-state index contributed by atoms with van der Waals surface area (Å²) in [5.74, 6) is 2.02. The van der Waals surface area contributed by atoms with E-state index in [0.29, 0.717) is 0 Å². The number of hydrogen-bond donors (Lipinski definition) is 0. The van der Waals surface area contributed by atoms with E-state index in [0.717, 1.165) is 23.6 Å². The molecule has 1 aliphatic rings. The summed E-state index contributed by atoms with van der Waals surface area (Å²) in [5.41, 5.74) is 1.24. The first-order valence-electron chi connectivity index (χ1n) is 6.09. The third kappa shape index (κ3) is 2.76. The van der Waals surface area contributed by atoms with E-state index in [1.165, 1.54) is 31.4 Å². The van der Waals surface area contributed by atoms with E-state index in [1.807, 2.05) is 6.20 Å². The molecule has 1 heterocycles. The Labute approximate surface area is 106 Å². The highest BCUT2D eigenvalue weighted by atomic mass is 79.9. The number of anilines is 1. The largest absolute Gasteiger partial charge is 0.357 e. The van der Waals surface area contributed by atoms with Crippen LogP contribution in [0, 0.1) is 5.92 Å². The Morgan fingerprint density at radius 3 is 2.69 bits per heavy atom. The molecule has 2 nitrogen and oxygen atoms in total. The highest BCUT2D eigenvalue weighted by Crippen LogP contribution is 2.28. The monoisotopic (exact) mass is 282 g/mol. The second-order valence-electron chi connectivity index (χ2n) is 4.49. The van der Waals surface area contributed by atoms with Crippen molar-refractivity contribution in [3.05, 3.63) is 23.9 Å². The zero-order chi connectivity index (χ0) is 11.4. The molecule has 1 aromatic rings. The molecule has 3 heteroatoms. The molecule has 0 N–H and O–H groups in total. The first kappa shape index (κ1) is 11.9. The van der Waals surface area contributed by atoms with Gasteiger partial charge >= 0.3 is 0 Å². The van der Waals surface area contributed by atoms with Gasteiger partial charge in [-0.05, 0) is 37.3 Å². The van der Waals surface area contributed by atoms with Crippen LogP contribution in [-0.2, 0) is 5.33 Å². The SMILES string of the molecule is CCN(CC1CCC1)c1ccc(CBr)cn1. The van der Waals surface area contributed by atoms with E-state index in [4.69, 9.17) is 0 Å². The van der Waals surface area contributed by atoms with E-state index in [2.05, 4.69) is 44.9 Å². The Balaban J connectivity index is 2.00. The highest BCUT2D eigenvalue weighted by Gasteiger charge is 2.20. The van der Waals surface area contributed by atoms with E-state index < -0.39 is 0 Å². The van der Waals surface area contributed by atoms with Crippen LogP contribution < -0.4 is 4.90 Å². The molecule has 0 amide bonds. The average molecular weight is 283 g/mol. The van der Waals surface area contributed by atoms with Crippen LogP contribution in [0.25, 0.3) is 0 Å². The van der Waals surface area contributed by atoms with Gasteiger partial charge in [-0.25, -0.2) is 4.98 Å². The summed E-state index contributed by atoms with van der Waals surface area (Å²) < 4.78 is 0. The molecule has 0 saturated heterocycles. The summed E-state index contributed by atoms with van der Waals surface area (Å²) in [4.78, 5) is 6.92. The Hall–Kier alpha value is -0.570. The fourth-order valence-electron chi connectivity index (χ4n) is 2.05. The van der Waals surface area contributed by atoms with Gasteiger partial charge in [-0.15, -0.1) is 0 Å². The minimum absolute atomic E-state index is 0.884. The topological polar surface area (TPSA) is 16.1 Å². The molecule has 1 aromatic heterocycles. The van der Waals surface area contributed by atoms with Crippen molar-refractivity contribution in [3.8, 4) is 0 Å². The Morgan fingerprint density at radius 1 is 1.44 bits per heavy atom. The van der Waals surface area contributed by atoms with Crippen molar-refractivity contribution in [2.24, 2.45) is 5.92 Å². The second kappa shape index (κ2) is 5.67. The van der Waals surface area contributed by atoms with E-state index in [9.17, 15) is 0 Å². The lowest BCUT2D eigenvalue weighted by Crippen LogP contribution is -2.32. The summed E-state index contributed by atoms with van der Waals surface area (Å²) in [7, 11) is 0. The molecule has 1 aliphatic carbocycles. The Bertz CT molecular complexity index is 319. The van der Waals surface area contributed by atoms with Gasteiger partial charge in [0.15, 0.2) is 0 Å². The smallest absolute Gasteiger partial charge is 0.128 e. The van der Waals surface area contributed by atoms with Crippen LogP contribution in [0.5, 0.6) is 0 Å². The van der Waals surface area contributed by atoms with Crippen molar-refractivity contribution in [1.82, 2.24) is 4.98 Å². The molecule has 0 atom stereocenters. The maximum Gasteiger partial charge on any atom is 0.128 e. The van der Waals surface area contributed by atoms with Crippen LogP contribution in [0.4, 0.5) is 5.82 Å². The zero-order valence-corrected chi connectivity index (χ0v) is 11.4. The lowest BCUT2D eigenvalue weighted by Gasteiger charge is -2.32. The number of pyridine rings is 1. The van der Waals surface area contributed by atoms with Crippen LogP contribution in [0.2, 0.25) is 0 Å². The molecule has 16 heavy (non-hydrogen) atoms. The van der Waals surface area contributed by atoms with Crippen LogP contribution in [-0.4, -0.2) is 18.1 Å². The lowest BCUT2D eigenvalue weighted by molar-refractivity contribution is 0.318. The fraction of sp³-hybridized carbons (Fsp3) is 0.615. The van der Waals surface area contributed by atoms with E-state index in [-0.39, 0.29) is 0 Å². The van der Waals surface area contributed by atoms with Gasteiger partial charge in [0.1, 0.15) is 5.82 Å². The van der Waals surface area contributed by atoms with Crippen LogP contribution in [0.1, 0.15) is 31.7 Å². The summed E-state index contributed by atoms with van der Waals surface area (Å²) in [5, 5.41) is 0.884. The third-order valence-electron chi connectivity index (χ3n) is 3.37. The molecule has 1 fully saturated rings. The minimum atomic E-state index is 0.884. The molecule has 88 valence electrons. The van der Waals surface area contributed by atoms with Gasteiger partial charge in [0.2, 0.25) is 0 Å². The maximum atomic E-state index is 4.53. The van der Waals surface area contributed by atoms with Gasteiger partial charge in [0, 0.05) is 24.6 Å². The third-order valence-corrected chi connectivity index (χ3v) is 4.02. The van der Waals surface area contributed by atoms with Gasteiger partial charge < -0.3 is 4.90 Å². The van der Waals surface area contributed by atoms with Crippen molar-refractivity contribution >= 4 is 21.7 Å². The standard InChI is InChI=1S/C13H19BrN2/c1-2-16(10-11-4-3-5-11)13-7-6-12(8-14)9-15-13/h6-7,9,11H,2-5,8,10H2,1H3. The molecule has 0 aliphatic heterocycles. The average Bonchev–Trinajstić information content (AvgIpc) is 2.28. The highest BCUT2D eigenvalue weighted by molar-refractivity contribution is 9.08. The molecular formula is C13H19BrN2. The van der Waals surface area contributed by atoms with Crippen molar-refractivity contribution in [2.75, 3.05) is 18.0 Å².